The van der Waals surface area contributed by atoms with Crippen LogP contribution < -0.4 is 4.74 Å². The van der Waals surface area contributed by atoms with E-state index >= 15 is 0 Å². The molecule has 2 atom stereocenters. The second kappa shape index (κ2) is 9.41. The van der Waals surface area contributed by atoms with Gasteiger partial charge in [0, 0.05) is 5.92 Å². The van der Waals surface area contributed by atoms with Gasteiger partial charge in [-0.2, -0.15) is 5.10 Å². The average molecular weight is 441 g/mol. The first kappa shape index (κ1) is 21.1. The largest absolute Gasteiger partial charge is 0.481 e. The fourth-order valence-electron chi connectivity index (χ4n) is 4.71. The van der Waals surface area contributed by atoms with Gasteiger partial charge in [0.2, 0.25) is 0 Å². The summed E-state index contributed by atoms with van der Waals surface area (Å²) >= 11 is 0. The molecule has 0 radical (unpaired) electrons. The predicted molar refractivity (Wildman–Crippen MR) is 127 cm³/mol. The molecular formula is C28H25FN2O2. The number of benzene rings is 3. The first-order chi connectivity index (χ1) is 16.2. The van der Waals surface area contributed by atoms with Crippen molar-refractivity contribution < 1.29 is 13.9 Å². The van der Waals surface area contributed by atoms with Crippen LogP contribution in [0.5, 0.6) is 5.75 Å². The fraction of sp³-hybridized carbons (Fsp3) is 0.214. The van der Waals surface area contributed by atoms with Crippen LogP contribution in [-0.2, 0) is 4.79 Å². The van der Waals surface area contributed by atoms with Gasteiger partial charge in [-0.1, -0.05) is 72.8 Å². The van der Waals surface area contributed by atoms with E-state index in [1.165, 1.54) is 17.7 Å². The summed E-state index contributed by atoms with van der Waals surface area (Å²) in [5.41, 5.74) is 4.31. The maximum Gasteiger partial charge on any atom is 0.281 e. The fourth-order valence-corrected chi connectivity index (χ4v) is 4.71. The standard InChI is InChI=1S/C28H25FN2O2/c29-24-16-7-8-17-25(24)33-19-26(32)31-28(21-12-5-2-6-13-21)23-15-9-14-22(27(23)30-31)18-20-10-3-1-4-11-20/h1-8,10-13,16-18,23,28H,9,14-15,19H2/b22-18+/t23-,28+/m1/s1. The minimum absolute atomic E-state index is 0.0658. The van der Waals surface area contributed by atoms with Crippen LogP contribution in [0.2, 0.25) is 0 Å². The lowest BCUT2D eigenvalue weighted by Crippen LogP contribution is -2.34. The number of allylic oxidation sites excluding steroid dienone is 1. The molecule has 5 heteroatoms. The Balaban J connectivity index is 1.46. The molecule has 0 saturated heterocycles. The molecule has 0 unspecified atom stereocenters. The molecule has 0 bridgehead atoms. The molecule has 0 N–H and O–H groups in total. The minimum atomic E-state index is -0.487. The normalized spacial score (nSPS) is 20.9. The van der Waals surface area contributed by atoms with Gasteiger partial charge in [-0.05, 0) is 54.2 Å². The van der Waals surface area contributed by atoms with E-state index in [1.54, 1.807) is 17.1 Å². The summed E-state index contributed by atoms with van der Waals surface area (Å²) < 4.78 is 19.5. The van der Waals surface area contributed by atoms with Crippen LogP contribution in [0.25, 0.3) is 6.08 Å². The molecule has 0 aromatic heterocycles. The Morgan fingerprint density at radius 2 is 1.70 bits per heavy atom. The average Bonchev–Trinajstić information content (AvgIpc) is 3.25. The summed E-state index contributed by atoms with van der Waals surface area (Å²) in [6, 6.07) is 26.1. The van der Waals surface area contributed by atoms with E-state index in [4.69, 9.17) is 9.84 Å². The topological polar surface area (TPSA) is 41.9 Å². The summed E-state index contributed by atoms with van der Waals surface area (Å²) in [6.45, 7) is -0.272. The van der Waals surface area contributed by atoms with Gasteiger partial charge >= 0.3 is 0 Å². The first-order valence-electron chi connectivity index (χ1n) is 11.3. The predicted octanol–water partition coefficient (Wildman–Crippen LogP) is 6.03. The number of rotatable bonds is 5. The van der Waals surface area contributed by atoms with Crippen molar-refractivity contribution in [2.45, 2.75) is 25.3 Å². The van der Waals surface area contributed by atoms with E-state index < -0.39 is 5.82 Å². The van der Waals surface area contributed by atoms with Gasteiger partial charge in [0.05, 0.1) is 11.8 Å². The molecule has 1 fully saturated rings. The SMILES string of the molecule is O=C(COc1ccccc1F)N1N=C2/C(=C/c3ccccc3)CCC[C@H]2[C@@H]1c1ccccc1. The third kappa shape index (κ3) is 4.44. The number of para-hydroxylation sites is 1. The molecule has 3 aromatic rings. The lowest BCUT2D eigenvalue weighted by molar-refractivity contribution is -0.135. The number of fused-ring (bicyclic) bond motifs is 1. The second-order valence-corrected chi connectivity index (χ2v) is 8.38. The van der Waals surface area contributed by atoms with Crippen molar-refractivity contribution in [3.8, 4) is 5.75 Å². The Morgan fingerprint density at radius 3 is 2.45 bits per heavy atom. The van der Waals surface area contributed by atoms with E-state index in [-0.39, 0.29) is 30.2 Å². The summed E-state index contributed by atoms with van der Waals surface area (Å²) in [5, 5.41) is 6.39. The Hall–Kier alpha value is -3.73. The van der Waals surface area contributed by atoms with E-state index in [0.717, 1.165) is 36.1 Å². The van der Waals surface area contributed by atoms with Gasteiger partial charge in [0.1, 0.15) is 0 Å². The number of carbonyl (C=O) groups is 1. The van der Waals surface area contributed by atoms with Crippen molar-refractivity contribution in [1.29, 1.82) is 0 Å². The van der Waals surface area contributed by atoms with E-state index in [9.17, 15) is 9.18 Å². The summed E-state index contributed by atoms with van der Waals surface area (Å²) in [4.78, 5) is 13.3. The van der Waals surface area contributed by atoms with Gasteiger partial charge < -0.3 is 4.74 Å². The zero-order valence-corrected chi connectivity index (χ0v) is 18.2. The van der Waals surface area contributed by atoms with Crippen molar-refractivity contribution in [1.82, 2.24) is 5.01 Å². The van der Waals surface area contributed by atoms with Crippen LogP contribution in [0.15, 0.2) is 95.6 Å². The van der Waals surface area contributed by atoms with Crippen LogP contribution >= 0.6 is 0 Å². The summed E-state index contributed by atoms with van der Waals surface area (Å²) in [7, 11) is 0. The van der Waals surface area contributed by atoms with Crippen LogP contribution in [0, 0.1) is 11.7 Å². The van der Waals surface area contributed by atoms with Crippen LogP contribution in [0.3, 0.4) is 0 Å². The molecular weight excluding hydrogens is 415 g/mol. The molecule has 4 nitrogen and oxygen atoms in total. The van der Waals surface area contributed by atoms with Crippen LogP contribution in [-0.4, -0.2) is 23.2 Å². The molecule has 1 aliphatic carbocycles. The van der Waals surface area contributed by atoms with E-state index in [1.807, 2.05) is 48.5 Å². The highest BCUT2D eigenvalue weighted by Crippen LogP contribution is 2.44. The molecule has 2 aliphatic rings. The van der Waals surface area contributed by atoms with Crippen molar-refractivity contribution >= 4 is 17.7 Å². The van der Waals surface area contributed by atoms with Crippen molar-refractivity contribution in [3.05, 3.63) is 107 Å². The van der Waals surface area contributed by atoms with Crippen molar-refractivity contribution in [2.24, 2.45) is 11.0 Å². The number of amides is 1. The second-order valence-electron chi connectivity index (χ2n) is 8.38. The van der Waals surface area contributed by atoms with E-state index in [0.29, 0.717) is 0 Å². The highest BCUT2D eigenvalue weighted by molar-refractivity contribution is 6.08. The molecule has 1 saturated carbocycles. The minimum Gasteiger partial charge on any atom is -0.481 e. The van der Waals surface area contributed by atoms with Gasteiger partial charge in [-0.3, -0.25) is 4.79 Å². The molecule has 1 aliphatic heterocycles. The number of carbonyl (C=O) groups excluding carboxylic acids is 1. The molecule has 0 spiro atoms. The zero-order valence-electron chi connectivity index (χ0n) is 18.2. The number of halogens is 1. The number of nitrogens with zero attached hydrogens (tertiary/aromatic N) is 2. The van der Waals surface area contributed by atoms with Crippen molar-refractivity contribution in [2.75, 3.05) is 6.61 Å². The Kier molecular flexibility index (Phi) is 6.03. The van der Waals surface area contributed by atoms with Gasteiger partial charge in [-0.25, -0.2) is 9.40 Å². The van der Waals surface area contributed by atoms with Crippen LogP contribution in [0.4, 0.5) is 4.39 Å². The zero-order chi connectivity index (χ0) is 22.6. The van der Waals surface area contributed by atoms with Gasteiger partial charge in [-0.15, -0.1) is 0 Å². The Bertz CT molecular complexity index is 1190. The Morgan fingerprint density at radius 1 is 1.00 bits per heavy atom. The number of hydrazone groups is 1. The Labute approximate surface area is 193 Å². The lowest BCUT2D eigenvalue weighted by Gasteiger charge is -2.29. The maximum absolute atomic E-state index is 14.0. The molecule has 33 heavy (non-hydrogen) atoms. The molecule has 1 heterocycles. The highest BCUT2D eigenvalue weighted by atomic mass is 19.1. The monoisotopic (exact) mass is 440 g/mol. The van der Waals surface area contributed by atoms with Gasteiger partial charge in [0.15, 0.2) is 18.2 Å². The van der Waals surface area contributed by atoms with Crippen LogP contribution in [0.1, 0.15) is 36.4 Å². The van der Waals surface area contributed by atoms with Gasteiger partial charge in [0.25, 0.3) is 5.91 Å². The number of ether oxygens (including phenoxy) is 1. The molecule has 1 amide bonds. The third-order valence-corrected chi connectivity index (χ3v) is 6.23. The smallest absolute Gasteiger partial charge is 0.281 e. The van der Waals surface area contributed by atoms with E-state index in [2.05, 4.69) is 18.2 Å². The summed E-state index contributed by atoms with van der Waals surface area (Å²) in [6.07, 6.45) is 5.11. The molecule has 5 rings (SSSR count). The number of hydrogen-bond acceptors (Lipinski definition) is 3. The number of hydrogen-bond donors (Lipinski definition) is 0. The maximum atomic E-state index is 14.0. The molecule has 166 valence electrons. The lowest BCUT2D eigenvalue weighted by atomic mass is 9.77. The highest BCUT2D eigenvalue weighted by Gasteiger charge is 2.43. The first-order valence-corrected chi connectivity index (χ1v) is 11.3. The van der Waals surface area contributed by atoms with Crippen molar-refractivity contribution in [3.63, 3.8) is 0 Å². The third-order valence-electron chi connectivity index (χ3n) is 6.23. The summed E-state index contributed by atoms with van der Waals surface area (Å²) in [5.74, 6) is -0.586. The quantitative estimate of drug-likeness (QED) is 0.486. The molecule has 3 aromatic carbocycles.